The van der Waals surface area contributed by atoms with Crippen LogP contribution in [0.4, 0.5) is 17.3 Å². The van der Waals surface area contributed by atoms with Gasteiger partial charge in [-0.1, -0.05) is 0 Å². The molecule has 5 N–H and O–H groups in total. The third-order valence-corrected chi connectivity index (χ3v) is 2.11. The van der Waals surface area contributed by atoms with E-state index in [1.165, 1.54) is 0 Å². The Morgan fingerprint density at radius 3 is 2.53 bits per heavy atom. The number of rotatable bonds is 3. The Bertz CT molecular complexity index is 431. The topological polar surface area (TPSA) is 69.8 Å². The number of benzene rings is 1. The number of hydrogen-bond acceptors (Lipinski definition) is 3. The highest BCUT2D eigenvalue weighted by molar-refractivity contribution is 5.52. The number of nitrogens with two attached hydrogens (primary N) is 1. The molecule has 0 atom stereocenters. The molecule has 0 aliphatic carbocycles. The van der Waals surface area contributed by atoms with Gasteiger partial charge in [0.1, 0.15) is 0 Å². The summed E-state index contributed by atoms with van der Waals surface area (Å²) in [6, 6.07) is 7.51. The molecule has 0 bridgehead atoms. The lowest BCUT2D eigenvalue weighted by molar-refractivity contribution is -0.655. The van der Waals surface area contributed by atoms with E-state index in [1.807, 2.05) is 48.3 Å². The minimum Gasteiger partial charge on any atom is -0.399 e. The van der Waals surface area contributed by atoms with Crippen molar-refractivity contribution >= 4 is 17.3 Å². The average Bonchev–Trinajstić information content (AvgIpc) is 2.63. The molecule has 0 saturated heterocycles. The van der Waals surface area contributed by atoms with Crippen molar-refractivity contribution in [3.05, 3.63) is 36.7 Å². The van der Waals surface area contributed by atoms with E-state index in [9.17, 15) is 0 Å². The number of nitrogens with zero attached hydrogens (tertiary/aromatic N) is 1. The van der Waals surface area contributed by atoms with Gasteiger partial charge < -0.3 is 5.73 Å². The van der Waals surface area contributed by atoms with Gasteiger partial charge in [0.05, 0.1) is 25.1 Å². The van der Waals surface area contributed by atoms with Gasteiger partial charge in [0.25, 0.3) is 0 Å². The maximum Gasteiger partial charge on any atom is 0.376 e. The van der Waals surface area contributed by atoms with Crippen molar-refractivity contribution in [1.29, 1.82) is 0 Å². The van der Waals surface area contributed by atoms with Gasteiger partial charge in [-0.2, -0.15) is 5.43 Å². The van der Waals surface area contributed by atoms with Gasteiger partial charge in [0, 0.05) is 5.69 Å². The Labute approximate surface area is 87.9 Å². The van der Waals surface area contributed by atoms with Crippen LogP contribution in [-0.2, 0) is 7.05 Å². The van der Waals surface area contributed by atoms with E-state index in [4.69, 9.17) is 5.73 Å². The first-order valence-corrected chi connectivity index (χ1v) is 4.66. The number of anilines is 3. The predicted octanol–water partition coefficient (Wildman–Crippen LogP) is 0.860. The second-order valence-electron chi connectivity index (χ2n) is 3.29. The summed E-state index contributed by atoms with van der Waals surface area (Å²) in [6.07, 6.45) is 3.78. The molecule has 1 aromatic heterocycles. The zero-order valence-corrected chi connectivity index (χ0v) is 8.49. The molecule has 0 spiro atoms. The fourth-order valence-electron chi connectivity index (χ4n) is 1.23. The van der Waals surface area contributed by atoms with E-state index in [1.54, 1.807) is 0 Å². The van der Waals surface area contributed by atoms with Gasteiger partial charge in [0.15, 0.2) is 0 Å². The fraction of sp³-hybridized carbons (Fsp3) is 0.100. The number of nitrogens with one attached hydrogen (secondary N) is 3. The summed E-state index contributed by atoms with van der Waals surface area (Å²) in [7, 11) is 1.95. The standard InChI is InChI=1S/C10H13N5/c1-15-7-6-12-10(15)14-13-9-4-2-8(11)3-5-9/h2-7,13H,11H2,1H3,(H,12,14)/p+1. The molecule has 1 heterocycles. The monoisotopic (exact) mass is 204 g/mol. The van der Waals surface area contributed by atoms with E-state index in [0.29, 0.717) is 0 Å². The number of hydrazine groups is 1. The van der Waals surface area contributed by atoms with Crippen LogP contribution in [-0.4, -0.2) is 4.98 Å². The third kappa shape index (κ3) is 2.19. The summed E-state index contributed by atoms with van der Waals surface area (Å²) in [4.78, 5) is 3.05. The van der Waals surface area contributed by atoms with Gasteiger partial charge in [-0.25, -0.2) is 9.55 Å². The van der Waals surface area contributed by atoms with Crippen molar-refractivity contribution in [3.63, 3.8) is 0 Å². The summed E-state index contributed by atoms with van der Waals surface area (Å²) >= 11 is 0. The van der Waals surface area contributed by atoms with E-state index < -0.39 is 0 Å². The van der Waals surface area contributed by atoms with Crippen molar-refractivity contribution in [2.75, 3.05) is 16.6 Å². The number of nitrogen functional groups attached to an aromatic ring is 1. The van der Waals surface area contributed by atoms with Gasteiger partial charge in [-0.3, -0.25) is 5.43 Å². The van der Waals surface area contributed by atoms with Crippen LogP contribution >= 0.6 is 0 Å². The summed E-state index contributed by atoms with van der Waals surface area (Å²) < 4.78 is 1.93. The molecule has 5 heteroatoms. The average molecular weight is 204 g/mol. The zero-order chi connectivity index (χ0) is 10.7. The number of aromatic amines is 1. The van der Waals surface area contributed by atoms with Crippen LogP contribution in [0.3, 0.4) is 0 Å². The maximum absolute atomic E-state index is 5.58. The molecule has 0 aliphatic heterocycles. The highest BCUT2D eigenvalue weighted by Crippen LogP contribution is 2.09. The SMILES string of the molecule is C[n+]1cc[nH]c1NNc1ccc(N)cc1. The molecule has 78 valence electrons. The number of aryl methyl sites for hydroxylation is 1. The highest BCUT2D eigenvalue weighted by atomic mass is 15.4. The molecule has 15 heavy (non-hydrogen) atoms. The molecule has 2 aromatic rings. The Morgan fingerprint density at radius 2 is 1.93 bits per heavy atom. The third-order valence-electron chi connectivity index (χ3n) is 2.11. The predicted molar refractivity (Wildman–Crippen MR) is 60.1 cm³/mol. The number of H-pyrrole nitrogens is 1. The lowest BCUT2D eigenvalue weighted by Crippen LogP contribution is -2.31. The van der Waals surface area contributed by atoms with E-state index in [0.717, 1.165) is 17.3 Å². The van der Waals surface area contributed by atoms with Gasteiger partial charge >= 0.3 is 5.95 Å². The highest BCUT2D eigenvalue weighted by Gasteiger charge is 2.03. The molecule has 1 aromatic carbocycles. The summed E-state index contributed by atoms with van der Waals surface area (Å²) in [5.74, 6) is 0.881. The molecule has 2 rings (SSSR count). The van der Waals surface area contributed by atoms with E-state index in [2.05, 4.69) is 15.8 Å². The minimum absolute atomic E-state index is 0.756. The Kier molecular flexibility index (Phi) is 2.45. The molecule has 0 saturated carbocycles. The lowest BCUT2D eigenvalue weighted by atomic mass is 10.3. The van der Waals surface area contributed by atoms with Gasteiger partial charge in [-0.05, 0) is 24.3 Å². The zero-order valence-electron chi connectivity index (χ0n) is 8.49. The van der Waals surface area contributed by atoms with Crippen LogP contribution in [0, 0.1) is 0 Å². The molecular weight excluding hydrogens is 190 g/mol. The van der Waals surface area contributed by atoms with Crippen LogP contribution < -0.4 is 21.2 Å². The van der Waals surface area contributed by atoms with E-state index in [-0.39, 0.29) is 0 Å². The Hall–Kier alpha value is -2.17. The first-order chi connectivity index (χ1) is 7.25. The van der Waals surface area contributed by atoms with Crippen molar-refractivity contribution < 1.29 is 4.57 Å². The van der Waals surface area contributed by atoms with Crippen LogP contribution in [0.2, 0.25) is 0 Å². The van der Waals surface area contributed by atoms with Crippen molar-refractivity contribution in [2.45, 2.75) is 0 Å². The van der Waals surface area contributed by atoms with Crippen LogP contribution in [0.5, 0.6) is 0 Å². The molecule has 0 unspecified atom stereocenters. The molecule has 0 aliphatic rings. The Balaban J connectivity index is 1.99. The van der Waals surface area contributed by atoms with Crippen LogP contribution in [0.15, 0.2) is 36.7 Å². The summed E-state index contributed by atoms with van der Waals surface area (Å²) in [6.45, 7) is 0. The van der Waals surface area contributed by atoms with Crippen LogP contribution in [0.1, 0.15) is 0 Å². The quantitative estimate of drug-likeness (QED) is 0.340. The maximum atomic E-state index is 5.58. The first kappa shape index (κ1) is 9.39. The molecule has 0 amide bonds. The van der Waals surface area contributed by atoms with Gasteiger partial charge in [0.2, 0.25) is 0 Å². The largest absolute Gasteiger partial charge is 0.399 e. The molecule has 0 fully saturated rings. The lowest BCUT2D eigenvalue weighted by Gasteiger charge is -2.03. The fourth-order valence-corrected chi connectivity index (χ4v) is 1.23. The molecular formula is C10H14N5+. The van der Waals surface area contributed by atoms with Crippen LogP contribution in [0.25, 0.3) is 0 Å². The van der Waals surface area contributed by atoms with Crippen molar-refractivity contribution in [3.8, 4) is 0 Å². The van der Waals surface area contributed by atoms with Crippen molar-refractivity contribution in [2.24, 2.45) is 7.05 Å². The Morgan fingerprint density at radius 1 is 1.20 bits per heavy atom. The minimum atomic E-state index is 0.756. The molecule has 5 nitrogen and oxygen atoms in total. The first-order valence-electron chi connectivity index (χ1n) is 4.66. The number of imidazole rings is 1. The number of aromatic nitrogens is 2. The summed E-state index contributed by atoms with van der Waals surface area (Å²) in [5.41, 5.74) is 13.4. The normalized spacial score (nSPS) is 9.93. The van der Waals surface area contributed by atoms with E-state index >= 15 is 0 Å². The van der Waals surface area contributed by atoms with Crippen molar-refractivity contribution in [1.82, 2.24) is 4.98 Å². The second-order valence-corrected chi connectivity index (χ2v) is 3.29. The molecule has 0 radical (unpaired) electrons. The second kappa shape index (κ2) is 3.91. The smallest absolute Gasteiger partial charge is 0.376 e. The van der Waals surface area contributed by atoms with Gasteiger partial charge in [-0.15, -0.1) is 0 Å². The summed E-state index contributed by atoms with van der Waals surface area (Å²) in [5, 5.41) is 0. The number of hydrogen-bond donors (Lipinski definition) is 4.